The molecule has 4 rings (SSSR count). The summed E-state index contributed by atoms with van der Waals surface area (Å²) >= 11 is 1.34. The highest BCUT2D eigenvalue weighted by atomic mass is 32.2. The second-order valence-electron chi connectivity index (χ2n) is 7.86. The van der Waals surface area contributed by atoms with Crippen LogP contribution in [0.15, 0.2) is 23.5 Å². The molecule has 2 aromatic heterocycles. The molecule has 3 heterocycles. The summed E-state index contributed by atoms with van der Waals surface area (Å²) in [5.41, 5.74) is -0.755. The summed E-state index contributed by atoms with van der Waals surface area (Å²) < 4.78 is 39.9. The lowest BCUT2D eigenvalue weighted by Crippen LogP contribution is -2.45. The van der Waals surface area contributed by atoms with Gasteiger partial charge in [0.25, 0.3) is 0 Å². The fraction of sp³-hybridized carbons (Fsp3) is 0.632. The molecule has 1 saturated carbocycles. The molecule has 0 spiro atoms. The largest absolute Gasteiger partial charge is 0.417 e. The molecule has 0 radical (unpaired) electrons. The number of alkyl halides is 3. The molecular formula is C19H24F3N7OS. The van der Waals surface area contributed by atoms with Crippen molar-refractivity contribution >= 4 is 23.5 Å². The molecule has 1 aliphatic heterocycles. The molecule has 168 valence electrons. The van der Waals surface area contributed by atoms with Gasteiger partial charge in [-0.1, -0.05) is 24.6 Å². The molecule has 2 fully saturated rings. The number of nitrogens with one attached hydrogen (secondary N) is 1. The lowest BCUT2D eigenvalue weighted by molar-refractivity contribution is -0.137. The van der Waals surface area contributed by atoms with Crippen molar-refractivity contribution in [2.75, 3.05) is 23.7 Å². The molecule has 0 aromatic carbocycles. The van der Waals surface area contributed by atoms with E-state index in [2.05, 4.69) is 25.8 Å². The molecule has 0 atom stereocenters. The van der Waals surface area contributed by atoms with E-state index in [9.17, 15) is 18.0 Å². The van der Waals surface area contributed by atoms with Crippen LogP contribution in [-0.4, -0.2) is 56.0 Å². The number of amides is 1. The number of pyridine rings is 1. The summed E-state index contributed by atoms with van der Waals surface area (Å²) in [7, 11) is 0. The first-order valence-corrected chi connectivity index (χ1v) is 11.4. The van der Waals surface area contributed by atoms with Crippen LogP contribution in [0.4, 0.5) is 19.0 Å². The standard InChI is InChI=1S/C19H24F3N7OS/c20-19(21,22)13-5-6-16(23-11-13)28-9-7-14(8-10-28)24-17(30)12-31-18-25-26-27-29(18)15-3-1-2-4-15/h5-6,11,14-15H,1-4,7-10,12H2,(H,24,30). The van der Waals surface area contributed by atoms with Gasteiger partial charge in [-0.2, -0.15) is 13.2 Å². The summed E-state index contributed by atoms with van der Waals surface area (Å²) in [6, 6.07) is 2.80. The van der Waals surface area contributed by atoms with Gasteiger partial charge in [0.2, 0.25) is 11.1 Å². The van der Waals surface area contributed by atoms with Gasteiger partial charge in [0.05, 0.1) is 17.4 Å². The number of tetrazole rings is 1. The van der Waals surface area contributed by atoms with Crippen LogP contribution >= 0.6 is 11.8 Å². The molecule has 2 aromatic rings. The van der Waals surface area contributed by atoms with E-state index < -0.39 is 11.7 Å². The number of piperidine rings is 1. The number of nitrogens with zero attached hydrogens (tertiary/aromatic N) is 6. The van der Waals surface area contributed by atoms with Gasteiger partial charge in [-0.25, -0.2) is 9.67 Å². The van der Waals surface area contributed by atoms with Crippen molar-refractivity contribution < 1.29 is 18.0 Å². The topological polar surface area (TPSA) is 88.8 Å². The van der Waals surface area contributed by atoms with E-state index in [4.69, 9.17) is 0 Å². The lowest BCUT2D eigenvalue weighted by Gasteiger charge is -2.33. The van der Waals surface area contributed by atoms with Crippen molar-refractivity contribution in [3.8, 4) is 0 Å². The quantitative estimate of drug-likeness (QED) is 0.670. The Kier molecular flexibility index (Phi) is 6.63. The zero-order valence-corrected chi connectivity index (χ0v) is 17.7. The number of hydrogen-bond acceptors (Lipinski definition) is 7. The van der Waals surface area contributed by atoms with Crippen LogP contribution < -0.4 is 10.2 Å². The molecule has 1 saturated heterocycles. The van der Waals surface area contributed by atoms with E-state index >= 15 is 0 Å². The molecule has 1 amide bonds. The molecule has 1 N–H and O–H groups in total. The highest BCUT2D eigenvalue weighted by Crippen LogP contribution is 2.32. The highest BCUT2D eigenvalue weighted by molar-refractivity contribution is 7.99. The Hall–Kier alpha value is -2.37. The zero-order chi connectivity index (χ0) is 21.8. The first-order chi connectivity index (χ1) is 14.9. The van der Waals surface area contributed by atoms with Crippen molar-refractivity contribution in [1.82, 2.24) is 30.5 Å². The Labute approximate surface area is 182 Å². The number of thioether (sulfide) groups is 1. The molecule has 1 aliphatic carbocycles. The minimum Gasteiger partial charge on any atom is -0.356 e. The number of aromatic nitrogens is 5. The molecular weight excluding hydrogens is 431 g/mol. The predicted molar refractivity (Wildman–Crippen MR) is 109 cm³/mol. The predicted octanol–water partition coefficient (Wildman–Crippen LogP) is 3.08. The fourth-order valence-corrected chi connectivity index (χ4v) is 4.81. The Morgan fingerprint density at radius 1 is 1.16 bits per heavy atom. The average Bonchev–Trinajstić information content (AvgIpc) is 3.44. The second-order valence-corrected chi connectivity index (χ2v) is 8.81. The van der Waals surface area contributed by atoms with Crippen LogP contribution in [0.2, 0.25) is 0 Å². The van der Waals surface area contributed by atoms with E-state index in [0.29, 0.717) is 42.9 Å². The van der Waals surface area contributed by atoms with E-state index in [1.165, 1.54) is 30.7 Å². The number of hydrogen-bond donors (Lipinski definition) is 1. The third kappa shape index (κ3) is 5.46. The first kappa shape index (κ1) is 21.8. The van der Waals surface area contributed by atoms with Gasteiger partial charge in [0.15, 0.2) is 0 Å². The molecule has 8 nitrogen and oxygen atoms in total. The average molecular weight is 456 g/mol. The van der Waals surface area contributed by atoms with Gasteiger partial charge in [-0.05, 0) is 48.2 Å². The molecule has 12 heteroatoms. The summed E-state index contributed by atoms with van der Waals surface area (Å²) in [5, 5.41) is 15.6. The molecule has 0 unspecified atom stereocenters. The Balaban J connectivity index is 1.22. The fourth-order valence-electron chi connectivity index (χ4n) is 4.05. The van der Waals surface area contributed by atoms with Gasteiger partial charge < -0.3 is 10.2 Å². The number of carbonyl (C=O) groups is 1. The van der Waals surface area contributed by atoms with Crippen molar-refractivity contribution in [2.24, 2.45) is 0 Å². The Morgan fingerprint density at radius 3 is 2.55 bits per heavy atom. The van der Waals surface area contributed by atoms with Crippen LogP contribution in [0.1, 0.15) is 50.1 Å². The molecule has 0 bridgehead atoms. The normalized spacial score (nSPS) is 18.5. The maximum Gasteiger partial charge on any atom is 0.417 e. The summed E-state index contributed by atoms with van der Waals surface area (Å²) in [4.78, 5) is 18.3. The third-order valence-electron chi connectivity index (χ3n) is 5.72. The van der Waals surface area contributed by atoms with Crippen LogP contribution in [0.25, 0.3) is 0 Å². The maximum atomic E-state index is 12.7. The number of halogens is 3. The zero-order valence-electron chi connectivity index (χ0n) is 16.9. The van der Waals surface area contributed by atoms with E-state index in [1.807, 2.05) is 9.58 Å². The van der Waals surface area contributed by atoms with Gasteiger partial charge in [0.1, 0.15) is 5.82 Å². The highest BCUT2D eigenvalue weighted by Gasteiger charge is 2.31. The summed E-state index contributed by atoms with van der Waals surface area (Å²) in [6.45, 7) is 1.24. The smallest absolute Gasteiger partial charge is 0.356 e. The SMILES string of the molecule is O=C(CSc1nnnn1C1CCCC1)NC1CCN(c2ccc(C(F)(F)F)cn2)CC1. The van der Waals surface area contributed by atoms with Crippen molar-refractivity contribution in [2.45, 2.75) is 61.9 Å². The Morgan fingerprint density at radius 2 is 1.90 bits per heavy atom. The van der Waals surface area contributed by atoms with Crippen LogP contribution in [0, 0.1) is 0 Å². The summed E-state index contributed by atoms with van der Waals surface area (Å²) in [6.07, 6.45) is 2.37. The van der Waals surface area contributed by atoms with Crippen LogP contribution in [0.3, 0.4) is 0 Å². The molecule has 2 aliphatic rings. The Bertz CT molecular complexity index is 875. The second kappa shape index (κ2) is 9.41. The minimum atomic E-state index is -4.39. The van der Waals surface area contributed by atoms with Crippen molar-refractivity contribution in [1.29, 1.82) is 0 Å². The summed E-state index contributed by atoms with van der Waals surface area (Å²) in [5.74, 6) is 0.692. The number of anilines is 1. The van der Waals surface area contributed by atoms with E-state index in [1.54, 1.807) is 0 Å². The minimum absolute atomic E-state index is 0.0321. The molecule has 31 heavy (non-hydrogen) atoms. The van der Waals surface area contributed by atoms with Crippen LogP contribution in [0.5, 0.6) is 0 Å². The maximum absolute atomic E-state index is 12.7. The number of rotatable bonds is 6. The van der Waals surface area contributed by atoms with Crippen molar-refractivity contribution in [3.63, 3.8) is 0 Å². The van der Waals surface area contributed by atoms with Crippen LogP contribution in [-0.2, 0) is 11.0 Å². The third-order valence-corrected chi connectivity index (χ3v) is 6.66. The monoisotopic (exact) mass is 455 g/mol. The van der Waals surface area contributed by atoms with Gasteiger partial charge in [-0.3, -0.25) is 4.79 Å². The van der Waals surface area contributed by atoms with Gasteiger partial charge >= 0.3 is 6.18 Å². The van der Waals surface area contributed by atoms with E-state index in [0.717, 1.165) is 25.1 Å². The van der Waals surface area contributed by atoms with E-state index in [-0.39, 0.29) is 17.7 Å². The first-order valence-electron chi connectivity index (χ1n) is 10.4. The van der Waals surface area contributed by atoms with Crippen molar-refractivity contribution in [3.05, 3.63) is 23.9 Å². The van der Waals surface area contributed by atoms with Gasteiger partial charge in [-0.15, -0.1) is 5.10 Å². The lowest BCUT2D eigenvalue weighted by atomic mass is 10.0. The number of carbonyl (C=O) groups excluding carboxylic acids is 1. The van der Waals surface area contributed by atoms with Gasteiger partial charge in [0, 0.05) is 25.3 Å².